The average Bonchev–Trinajstić information content (AvgIpc) is 2.77. The first-order valence-corrected chi connectivity index (χ1v) is 5.47. The molecule has 2 rings (SSSR count). The highest BCUT2D eigenvalue weighted by atomic mass is 16.2. The summed E-state index contributed by atoms with van der Waals surface area (Å²) in [5, 5.41) is 3.22. The van der Waals surface area contributed by atoms with Crippen LogP contribution in [0.5, 0.6) is 0 Å². The summed E-state index contributed by atoms with van der Waals surface area (Å²) in [5.74, 6) is 0.498. The standard InChI is InChI=1S/C10H19N3O/c1-7-9(11)3-5-13(7)10(14)8-2-4-12-6-8/h7-9,12H,2-6,11H2,1H3/t7?,8-,9?/m1/s1. The van der Waals surface area contributed by atoms with Crippen LogP contribution in [0.4, 0.5) is 0 Å². The first-order valence-electron chi connectivity index (χ1n) is 5.47. The van der Waals surface area contributed by atoms with Crippen molar-refractivity contribution < 1.29 is 4.79 Å². The van der Waals surface area contributed by atoms with Crippen LogP contribution < -0.4 is 11.1 Å². The van der Waals surface area contributed by atoms with Crippen LogP contribution in [-0.4, -0.2) is 42.5 Å². The van der Waals surface area contributed by atoms with Gasteiger partial charge in [0.2, 0.25) is 5.91 Å². The lowest BCUT2D eigenvalue weighted by Crippen LogP contribution is -2.43. The Balaban J connectivity index is 1.97. The highest BCUT2D eigenvalue weighted by molar-refractivity contribution is 5.80. The van der Waals surface area contributed by atoms with E-state index in [0.717, 1.165) is 32.5 Å². The summed E-state index contributed by atoms with van der Waals surface area (Å²) in [6, 6.07) is 0.399. The molecule has 3 atom stereocenters. The normalized spacial score (nSPS) is 37.9. The molecule has 2 aliphatic rings. The van der Waals surface area contributed by atoms with Gasteiger partial charge in [0, 0.05) is 25.2 Å². The molecule has 2 unspecified atom stereocenters. The first-order chi connectivity index (χ1) is 6.70. The molecule has 0 radical (unpaired) electrons. The number of carbonyl (C=O) groups is 1. The van der Waals surface area contributed by atoms with E-state index in [-0.39, 0.29) is 18.0 Å². The number of hydrogen-bond acceptors (Lipinski definition) is 3. The number of nitrogens with zero attached hydrogens (tertiary/aromatic N) is 1. The van der Waals surface area contributed by atoms with E-state index in [2.05, 4.69) is 12.2 Å². The third kappa shape index (κ3) is 1.64. The second-order valence-electron chi connectivity index (χ2n) is 4.41. The van der Waals surface area contributed by atoms with Crippen molar-refractivity contribution in [1.82, 2.24) is 10.2 Å². The number of nitrogens with one attached hydrogen (secondary N) is 1. The van der Waals surface area contributed by atoms with E-state index >= 15 is 0 Å². The van der Waals surface area contributed by atoms with Crippen molar-refractivity contribution in [2.75, 3.05) is 19.6 Å². The van der Waals surface area contributed by atoms with Crippen molar-refractivity contribution in [1.29, 1.82) is 0 Å². The van der Waals surface area contributed by atoms with Crippen LogP contribution in [0.1, 0.15) is 19.8 Å². The number of rotatable bonds is 1. The summed E-state index contributed by atoms with van der Waals surface area (Å²) in [5.41, 5.74) is 5.90. The number of likely N-dealkylation sites (tertiary alicyclic amines) is 1. The predicted octanol–water partition coefficient (Wildman–Crippen LogP) is -0.456. The molecule has 14 heavy (non-hydrogen) atoms. The van der Waals surface area contributed by atoms with E-state index in [4.69, 9.17) is 5.73 Å². The maximum Gasteiger partial charge on any atom is 0.227 e. The summed E-state index contributed by atoms with van der Waals surface area (Å²) >= 11 is 0. The van der Waals surface area contributed by atoms with Crippen LogP contribution in [-0.2, 0) is 4.79 Å². The lowest BCUT2D eigenvalue weighted by Gasteiger charge is -2.25. The van der Waals surface area contributed by atoms with Gasteiger partial charge in [0.15, 0.2) is 0 Å². The quantitative estimate of drug-likeness (QED) is 0.598. The third-order valence-corrected chi connectivity index (χ3v) is 3.51. The molecule has 0 spiro atoms. The lowest BCUT2D eigenvalue weighted by atomic mass is 10.1. The van der Waals surface area contributed by atoms with Gasteiger partial charge in [0.25, 0.3) is 0 Å². The predicted molar refractivity (Wildman–Crippen MR) is 54.7 cm³/mol. The third-order valence-electron chi connectivity index (χ3n) is 3.51. The molecule has 0 aromatic rings. The van der Waals surface area contributed by atoms with Crippen LogP contribution in [0.15, 0.2) is 0 Å². The van der Waals surface area contributed by atoms with Gasteiger partial charge < -0.3 is 16.0 Å². The van der Waals surface area contributed by atoms with Gasteiger partial charge >= 0.3 is 0 Å². The maximum absolute atomic E-state index is 12.0. The number of amides is 1. The minimum Gasteiger partial charge on any atom is -0.338 e. The van der Waals surface area contributed by atoms with Gasteiger partial charge in [-0.3, -0.25) is 4.79 Å². The summed E-state index contributed by atoms with van der Waals surface area (Å²) < 4.78 is 0. The van der Waals surface area contributed by atoms with Crippen molar-refractivity contribution in [3.63, 3.8) is 0 Å². The maximum atomic E-state index is 12.0. The second-order valence-corrected chi connectivity index (χ2v) is 4.41. The summed E-state index contributed by atoms with van der Waals surface area (Å²) in [6.07, 6.45) is 1.93. The van der Waals surface area contributed by atoms with E-state index in [1.54, 1.807) is 0 Å². The van der Waals surface area contributed by atoms with Crippen molar-refractivity contribution >= 4 is 5.91 Å². The zero-order valence-corrected chi connectivity index (χ0v) is 8.70. The lowest BCUT2D eigenvalue weighted by molar-refractivity contribution is -0.135. The van der Waals surface area contributed by atoms with Crippen molar-refractivity contribution in [3.05, 3.63) is 0 Å². The molecule has 80 valence electrons. The van der Waals surface area contributed by atoms with Crippen LogP contribution in [0.25, 0.3) is 0 Å². The Bertz CT molecular complexity index is 225. The molecule has 0 saturated carbocycles. The Morgan fingerprint density at radius 1 is 1.50 bits per heavy atom. The van der Waals surface area contributed by atoms with E-state index in [0.29, 0.717) is 5.91 Å². The molecular formula is C10H19N3O. The van der Waals surface area contributed by atoms with Crippen LogP contribution in [0.2, 0.25) is 0 Å². The highest BCUT2D eigenvalue weighted by Gasteiger charge is 2.35. The van der Waals surface area contributed by atoms with E-state index < -0.39 is 0 Å². The minimum absolute atomic E-state index is 0.174. The molecule has 0 aliphatic carbocycles. The Morgan fingerprint density at radius 3 is 2.79 bits per heavy atom. The highest BCUT2D eigenvalue weighted by Crippen LogP contribution is 2.20. The summed E-state index contributed by atoms with van der Waals surface area (Å²) in [4.78, 5) is 14.0. The average molecular weight is 197 g/mol. The van der Waals surface area contributed by atoms with E-state index in [9.17, 15) is 4.79 Å². The molecule has 1 amide bonds. The Labute approximate surface area is 84.8 Å². The molecule has 3 N–H and O–H groups in total. The fraction of sp³-hybridized carbons (Fsp3) is 0.900. The fourth-order valence-corrected chi connectivity index (χ4v) is 2.37. The molecule has 2 fully saturated rings. The molecule has 4 nitrogen and oxygen atoms in total. The Morgan fingerprint density at radius 2 is 2.29 bits per heavy atom. The SMILES string of the molecule is CC1C(N)CCN1C(=O)[C@@H]1CCNC1. The summed E-state index contributed by atoms with van der Waals surface area (Å²) in [7, 11) is 0. The van der Waals surface area contributed by atoms with Gasteiger partial charge in [-0.1, -0.05) is 0 Å². The molecule has 2 heterocycles. The van der Waals surface area contributed by atoms with Crippen LogP contribution in [0, 0.1) is 5.92 Å². The largest absolute Gasteiger partial charge is 0.338 e. The van der Waals surface area contributed by atoms with Gasteiger partial charge in [0.1, 0.15) is 0 Å². The molecule has 2 aliphatic heterocycles. The second kappa shape index (κ2) is 3.87. The van der Waals surface area contributed by atoms with Gasteiger partial charge in [-0.2, -0.15) is 0 Å². The molecule has 0 bridgehead atoms. The zero-order valence-electron chi connectivity index (χ0n) is 8.70. The Hall–Kier alpha value is -0.610. The molecule has 4 heteroatoms. The first kappa shape index (κ1) is 9.93. The van der Waals surface area contributed by atoms with Crippen molar-refractivity contribution in [3.8, 4) is 0 Å². The topological polar surface area (TPSA) is 58.4 Å². The van der Waals surface area contributed by atoms with Gasteiger partial charge in [-0.15, -0.1) is 0 Å². The van der Waals surface area contributed by atoms with Gasteiger partial charge in [-0.25, -0.2) is 0 Å². The number of carbonyl (C=O) groups excluding carboxylic acids is 1. The van der Waals surface area contributed by atoms with Gasteiger partial charge in [0.05, 0.1) is 5.92 Å². The molecule has 0 aromatic heterocycles. The number of hydrogen-bond donors (Lipinski definition) is 2. The fourth-order valence-electron chi connectivity index (χ4n) is 2.37. The summed E-state index contributed by atoms with van der Waals surface area (Å²) in [6.45, 7) is 4.72. The smallest absolute Gasteiger partial charge is 0.227 e. The monoisotopic (exact) mass is 197 g/mol. The van der Waals surface area contributed by atoms with Crippen molar-refractivity contribution in [2.24, 2.45) is 11.7 Å². The minimum atomic E-state index is 0.174. The Kier molecular flexibility index (Phi) is 2.74. The number of nitrogens with two attached hydrogens (primary N) is 1. The van der Waals surface area contributed by atoms with Gasteiger partial charge in [-0.05, 0) is 26.3 Å². The molecule has 2 saturated heterocycles. The molecule has 0 aromatic carbocycles. The van der Waals surface area contributed by atoms with Crippen LogP contribution in [0.3, 0.4) is 0 Å². The van der Waals surface area contributed by atoms with E-state index in [1.807, 2.05) is 4.90 Å². The zero-order chi connectivity index (χ0) is 10.1. The van der Waals surface area contributed by atoms with Crippen molar-refractivity contribution in [2.45, 2.75) is 31.8 Å². The van der Waals surface area contributed by atoms with Crippen LogP contribution >= 0.6 is 0 Å². The molecular weight excluding hydrogens is 178 g/mol. The van der Waals surface area contributed by atoms with E-state index in [1.165, 1.54) is 0 Å².